The molecule has 0 aliphatic rings. The molecular formula is C15H16FNO2S. The summed E-state index contributed by atoms with van der Waals surface area (Å²) in [5.74, 6) is -0.391. The lowest BCUT2D eigenvalue weighted by molar-refractivity contribution is 0.600. The first-order valence-corrected chi connectivity index (χ1v) is 7.64. The van der Waals surface area contributed by atoms with Crippen molar-refractivity contribution < 1.29 is 12.8 Å². The molecule has 0 radical (unpaired) electrons. The predicted octanol–water partition coefficient (Wildman–Crippen LogP) is 3.55. The van der Waals surface area contributed by atoms with Gasteiger partial charge in [0.1, 0.15) is 5.82 Å². The fourth-order valence-corrected chi connectivity index (χ4v) is 3.40. The van der Waals surface area contributed by atoms with Gasteiger partial charge in [-0.15, -0.1) is 0 Å². The number of hydrogen-bond acceptors (Lipinski definition) is 2. The second-order valence-electron chi connectivity index (χ2n) is 4.83. The summed E-state index contributed by atoms with van der Waals surface area (Å²) in [4.78, 5) is 0.237. The summed E-state index contributed by atoms with van der Waals surface area (Å²) in [6, 6.07) is 9.19. The van der Waals surface area contributed by atoms with Gasteiger partial charge in [-0.05, 0) is 61.7 Å². The van der Waals surface area contributed by atoms with Crippen LogP contribution in [0.15, 0.2) is 41.3 Å². The van der Waals surface area contributed by atoms with Crippen molar-refractivity contribution in [3.63, 3.8) is 0 Å². The number of nitrogens with one attached hydrogen (secondary N) is 1. The summed E-state index contributed by atoms with van der Waals surface area (Å²) in [6.45, 7) is 5.23. The Morgan fingerprint density at radius 2 is 1.65 bits per heavy atom. The van der Waals surface area contributed by atoms with Gasteiger partial charge in [0.15, 0.2) is 0 Å². The summed E-state index contributed by atoms with van der Waals surface area (Å²) in [5.41, 5.74) is 2.46. The molecule has 106 valence electrons. The van der Waals surface area contributed by atoms with E-state index in [-0.39, 0.29) is 4.90 Å². The SMILES string of the molecule is Cc1ccc(C)c(S(=O)(=O)Nc2ccc(F)cc2C)c1. The topological polar surface area (TPSA) is 46.2 Å². The molecule has 0 spiro atoms. The van der Waals surface area contributed by atoms with Crippen molar-refractivity contribution in [1.82, 2.24) is 0 Å². The average Bonchev–Trinajstić information content (AvgIpc) is 2.35. The largest absolute Gasteiger partial charge is 0.279 e. The van der Waals surface area contributed by atoms with Crippen LogP contribution in [0.2, 0.25) is 0 Å². The molecule has 0 fully saturated rings. The molecular weight excluding hydrogens is 277 g/mol. The van der Waals surface area contributed by atoms with Crippen LogP contribution in [-0.2, 0) is 10.0 Å². The Labute approximate surface area is 118 Å². The summed E-state index contributed by atoms with van der Waals surface area (Å²) in [5, 5.41) is 0. The first kappa shape index (κ1) is 14.5. The quantitative estimate of drug-likeness (QED) is 0.940. The van der Waals surface area contributed by atoms with Gasteiger partial charge < -0.3 is 0 Å². The minimum Gasteiger partial charge on any atom is -0.279 e. The van der Waals surface area contributed by atoms with Crippen molar-refractivity contribution in [2.24, 2.45) is 0 Å². The van der Waals surface area contributed by atoms with Crippen LogP contribution in [0.3, 0.4) is 0 Å². The smallest absolute Gasteiger partial charge is 0.262 e. The molecule has 2 rings (SSSR count). The number of sulfonamides is 1. The maximum Gasteiger partial charge on any atom is 0.262 e. The number of hydrogen-bond donors (Lipinski definition) is 1. The number of aryl methyl sites for hydroxylation is 3. The zero-order valence-corrected chi connectivity index (χ0v) is 12.4. The summed E-state index contributed by atoms with van der Waals surface area (Å²) >= 11 is 0. The molecule has 0 atom stereocenters. The van der Waals surface area contributed by atoms with Crippen LogP contribution >= 0.6 is 0 Å². The van der Waals surface area contributed by atoms with Gasteiger partial charge in [0.05, 0.1) is 10.6 Å². The first-order chi connectivity index (χ1) is 9.29. The van der Waals surface area contributed by atoms with E-state index in [4.69, 9.17) is 0 Å². The van der Waals surface area contributed by atoms with Gasteiger partial charge in [-0.3, -0.25) is 4.72 Å². The van der Waals surface area contributed by atoms with E-state index < -0.39 is 15.8 Å². The van der Waals surface area contributed by atoms with Crippen molar-refractivity contribution in [2.75, 3.05) is 4.72 Å². The monoisotopic (exact) mass is 293 g/mol. The molecule has 2 aromatic rings. The van der Waals surface area contributed by atoms with Crippen molar-refractivity contribution in [3.05, 3.63) is 58.9 Å². The Balaban J connectivity index is 2.43. The summed E-state index contributed by atoms with van der Waals surface area (Å²) < 4.78 is 40.4. The highest BCUT2D eigenvalue weighted by Crippen LogP contribution is 2.23. The third-order valence-electron chi connectivity index (χ3n) is 3.07. The third-order valence-corrected chi connectivity index (χ3v) is 4.57. The lowest BCUT2D eigenvalue weighted by Gasteiger charge is -2.13. The third kappa shape index (κ3) is 2.99. The molecule has 0 aliphatic heterocycles. The van der Waals surface area contributed by atoms with Gasteiger partial charge in [-0.2, -0.15) is 0 Å². The number of benzene rings is 2. The predicted molar refractivity (Wildman–Crippen MR) is 77.9 cm³/mol. The minimum absolute atomic E-state index is 0.237. The molecule has 0 saturated carbocycles. The number of rotatable bonds is 3. The van der Waals surface area contributed by atoms with Crippen LogP contribution in [0, 0.1) is 26.6 Å². The number of halogens is 1. The van der Waals surface area contributed by atoms with Gasteiger partial charge in [-0.1, -0.05) is 12.1 Å². The van der Waals surface area contributed by atoms with Crippen LogP contribution in [0.25, 0.3) is 0 Å². The summed E-state index contributed by atoms with van der Waals surface area (Å²) in [7, 11) is -3.67. The molecule has 5 heteroatoms. The fourth-order valence-electron chi connectivity index (χ4n) is 1.94. The van der Waals surface area contributed by atoms with Crippen molar-refractivity contribution in [2.45, 2.75) is 25.7 Å². The molecule has 3 nitrogen and oxygen atoms in total. The highest BCUT2D eigenvalue weighted by molar-refractivity contribution is 7.92. The molecule has 1 N–H and O–H groups in total. The van der Waals surface area contributed by atoms with E-state index >= 15 is 0 Å². The Morgan fingerprint density at radius 3 is 2.30 bits per heavy atom. The van der Waals surface area contributed by atoms with E-state index in [1.165, 1.54) is 18.2 Å². The molecule has 2 aromatic carbocycles. The molecule has 0 unspecified atom stereocenters. The molecule has 0 aromatic heterocycles. The van der Waals surface area contributed by atoms with Crippen LogP contribution in [0.1, 0.15) is 16.7 Å². The van der Waals surface area contributed by atoms with Crippen LogP contribution in [0.4, 0.5) is 10.1 Å². The van der Waals surface area contributed by atoms with Crippen LogP contribution in [-0.4, -0.2) is 8.42 Å². The highest BCUT2D eigenvalue weighted by atomic mass is 32.2. The molecule has 0 heterocycles. The zero-order chi connectivity index (χ0) is 14.9. The Morgan fingerprint density at radius 1 is 0.950 bits per heavy atom. The zero-order valence-electron chi connectivity index (χ0n) is 11.6. The van der Waals surface area contributed by atoms with E-state index in [9.17, 15) is 12.8 Å². The maximum atomic E-state index is 13.0. The van der Waals surface area contributed by atoms with Gasteiger partial charge in [-0.25, -0.2) is 12.8 Å². The molecule has 0 bridgehead atoms. The Hall–Kier alpha value is -1.88. The van der Waals surface area contributed by atoms with E-state index in [1.54, 1.807) is 26.0 Å². The molecule has 20 heavy (non-hydrogen) atoms. The lowest BCUT2D eigenvalue weighted by atomic mass is 10.2. The maximum absolute atomic E-state index is 13.0. The van der Waals surface area contributed by atoms with Gasteiger partial charge in [0.2, 0.25) is 0 Å². The van der Waals surface area contributed by atoms with E-state index in [2.05, 4.69) is 4.72 Å². The normalized spacial score (nSPS) is 11.4. The van der Waals surface area contributed by atoms with Crippen molar-refractivity contribution in [1.29, 1.82) is 0 Å². The van der Waals surface area contributed by atoms with Crippen molar-refractivity contribution in [3.8, 4) is 0 Å². The summed E-state index contributed by atoms with van der Waals surface area (Å²) in [6.07, 6.45) is 0. The minimum atomic E-state index is -3.67. The molecule has 0 saturated heterocycles. The van der Waals surface area contributed by atoms with Gasteiger partial charge in [0.25, 0.3) is 10.0 Å². The van der Waals surface area contributed by atoms with Gasteiger partial charge in [0, 0.05) is 0 Å². The molecule has 0 amide bonds. The second kappa shape index (κ2) is 5.25. The van der Waals surface area contributed by atoms with E-state index in [1.807, 2.05) is 13.0 Å². The average molecular weight is 293 g/mol. The highest BCUT2D eigenvalue weighted by Gasteiger charge is 2.18. The Bertz CT molecular complexity index is 754. The Kier molecular flexibility index (Phi) is 3.81. The molecule has 0 aliphatic carbocycles. The van der Waals surface area contributed by atoms with Crippen molar-refractivity contribution >= 4 is 15.7 Å². The van der Waals surface area contributed by atoms with Gasteiger partial charge >= 0.3 is 0 Å². The number of anilines is 1. The first-order valence-electron chi connectivity index (χ1n) is 6.16. The van der Waals surface area contributed by atoms with E-state index in [0.717, 1.165) is 5.56 Å². The van der Waals surface area contributed by atoms with Crippen LogP contribution < -0.4 is 4.72 Å². The standard InChI is InChI=1S/C15H16FNO2S/c1-10-4-5-11(2)15(8-10)20(18,19)17-14-7-6-13(16)9-12(14)3/h4-9,17H,1-3H3. The van der Waals surface area contributed by atoms with Crippen LogP contribution in [0.5, 0.6) is 0 Å². The lowest BCUT2D eigenvalue weighted by Crippen LogP contribution is -2.15. The fraction of sp³-hybridized carbons (Fsp3) is 0.200. The van der Waals surface area contributed by atoms with E-state index in [0.29, 0.717) is 16.8 Å². The second-order valence-corrected chi connectivity index (χ2v) is 6.48.